The van der Waals surface area contributed by atoms with Crippen molar-refractivity contribution in [3.05, 3.63) is 23.8 Å². The van der Waals surface area contributed by atoms with Crippen molar-refractivity contribution < 1.29 is 14.3 Å². The van der Waals surface area contributed by atoms with E-state index in [1.165, 1.54) is 12.5 Å². The van der Waals surface area contributed by atoms with Crippen LogP contribution in [0.25, 0.3) is 0 Å². The summed E-state index contributed by atoms with van der Waals surface area (Å²) in [4.78, 5) is 23.6. The van der Waals surface area contributed by atoms with Gasteiger partial charge in [-0.3, -0.25) is 9.59 Å². The lowest BCUT2D eigenvalue weighted by atomic mass is 9.48. The van der Waals surface area contributed by atoms with Crippen LogP contribution in [0.2, 0.25) is 0 Å². The fourth-order valence-corrected chi connectivity index (χ4v) is 6.71. The molecular weight excluding hydrogens is 312 g/mol. The highest BCUT2D eigenvalue weighted by Crippen LogP contribution is 2.66. The molecule has 0 bridgehead atoms. The van der Waals surface area contributed by atoms with Gasteiger partial charge in [-0.2, -0.15) is 0 Å². The summed E-state index contributed by atoms with van der Waals surface area (Å²) in [5, 5.41) is 0. The molecule has 4 aliphatic carbocycles. The number of hydrogen-bond donors (Lipinski definition) is 0. The summed E-state index contributed by atoms with van der Waals surface area (Å²) in [7, 11) is 0. The second-order valence-electron chi connectivity index (χ2n) is 9.45. The van der Waals surface area contributed by atoms with Gasteiger partial charge in [0, 0.05) is 18.8 Å². The largest absolute Gasteiger partial charge is 0.459 e. The topological polar surface area (TPSA) is 43.4 Å². The molecule has 0 aliphatic heterocycles. The minimum Gasteiger partial charge on any atom is -0.459 e. The van der Waals surface area contributed by atoms with E-state index in [1.807, 2.05) is 6.08 Å². The molecule has 2 fully saturated rings. The molecular formula is C22H30O3. The Morgan fingerprint density at radius 1 is 1.12 bits per heavy atom. The molecule has 25 heavy (non-hydrogen) atoms. The maximum Gasteiger partial charge on any atom is 0.303 e. The molecule has 0 spiro atoms. The lowest BCUT2D eigenvalue weighted by Crippen LogP contribution is -2.54. The van der Waals surface area contributed by atoms with E-state index in [0.29, 0.717) is 24.2 Å². The molecule has 3 heteroatoms. The third kappa shape index (κ3) is 2.23. The molecule has 6 atom stereocenters. The third-order valence-electron chi connectivity index (χ3n) is 8.41. The van der Waals surface area contributed by atoms with Crippen molar-refractivity contribution in [2.45, 2.75) is 71.8 Å². The van der Waals surface area contributed by atoms with Crippen molar-refractivity contribution in [2.75, 3.05) is 0 Å². The van der Waals surface area contributed by atoms with Gasteiger partial charge in [0.2, 0.25) is 0 Å². The van der Waals surface area contributed by atoms with Crippen molar-refractivity contribution in [3.63, 3.8) is 0 Å². The number of ketones is 1. The fourth-order valence-electron chi connectivity index (χ4n) is 6.71. The van der Waals surface area contributed by atoms with Crippen LogP contribution in [0.15, 0.2) is 23.8 Å². The predicted molar refractivity (Wildman–Crippen MR) is 96.8 cm³/mol. The third-order valence-corrected chi connectivity index (χ3v) is 8.41. The van der Waals surface area contributed by atoms with Crippen LogP contribution in [0.3, 0.4) is 0 Å². The van der Waals surface area contributed by atoms with Gasteiger partial charge in [0.1, 0.15) is 5.60 Å². The Kier molecular flexibility index (Phi) is 3.62. The first kappa shape index (κ1) is 17.1. The molecule has 4 rings (SSSR count). The molecule has 0 saturated heterocycles. The molecule has 0 radical (unpaired) electrons. The summed E-state index contributed by atoms with van der Waals surface area (Å²) in [5.41, 5.74) is 1.08. The molecule has 0 aromatic carbocycles. The van der Waals surface area contributed by atoms with Gasteiger partial charge in [0.15, 0.2) is 5.78 Å². The number of carbonyl (C=O) groups is 2. The summed E-state index contributed by atoms with van der Waals surface area (Å²) >= 11 is 0. The maximum absolute atomic E-state index is 11.9. The normalized spacial score (nSPS) is 48.2. The first-order chi connectivity index (χ1) is 11.7. The van der Waals surface area contributed by atoms with E-state index < -0.39 is 0 Å². The van der Waals surface area contributed by atoms with E-state index in [2.05, 4.69) is 32.9 Å². The van der Waals surface area contributed by atoms with Crippen molar-refractivity contribution in [3.8, 4) is 0 Å². The Labute approximate surface area is 150 Å². The van der Waals surface area contributed by atoms with Crippen LogP contribution in [0.4, 0.5) is 0 Å². The Morgan fingerprint density at radius 3 is 2.56 bits per heavy atom. The highest BCUT2D eigenvalue weighted by atomic mass is 16.6. The Bertz CT molecular complexity index is 689. The summed E-state index contributed by atoms with van der Waals surface area (Å²) in [6.45, 7) is 8.39. The monoisotopic (exact) mass is 342 g/mol. The minimum absolute atomic E-state index is 0.0479. The van der Waals surface area contributed by atoms with Gasteiger partial charge >= 0.3 is 5.97 Å². The summed E-state index contributed by atoms with van der Waals surface area (Å²) in [5.74, 6) is 1.82. The van der Waals surface area contributed by atoms with E-state index in [0.717, 1.165) is 32.1 Å². The molecule has 0 aromatic rings. The van der Waals surface area contributed by atoms with Crippen LogP contribution in [0.5, 0.6) is 0 Å². The van der Waals surface area contributed by atoms with Gasteiger partial charge in [-0.1, -0.05) is 26.0 Å². The first-order valence-corrected chi connectivity index (χ1v) is 9.82. The van der Waals surface area contributed by atoms with Crippen molar-refractivity contribution in [1.82, 2.24) is 0 Å². The predicted octanol–water partition coefficient (Wildman–Crippen LogP) is 4.62. The first-order valence-electron chi connectivity index (χ1n) is 9.82. The average molecular weight is 342 g/mol. The van der Waals surface area contributed by atoms with E-state index in [-0.39, 0.29) is 28.2 Å². The van der Waals surface area contributed by atoms with E-state index in [1.54, 1.807) is 0 Å². The summed E-state index contributed by atoms with van der Waals surface area (Å²) in [6.07, 6.45) is 12.5. The van der Waals surface area contributed by atoms with Crippen LogP contribution < -0.4 is 0 Å². The number of ether oxygens (including phenoxy) is 1. The van der Waals surface area contributed by atoms with E-state index in [9.17, 15) is 9.59 Å². The molecule has 0 amide bonds. The molecule has 3 nitrogen and oxygen atoms in total. The minimum atomic E-state index is -0.345. The van der Waals surface area contributed by atoms with Crippen LogP contribution >= 0.6 is 0 Å². The number of carbonyl (C=O) groups excluding carboxylic acids is 2. The standard InChI is InChI=1S/C22H30O3/c1-14(23)25-22(4)12-9-19-17-6-5-15-13-16(24)7-10-20(15,2)18(17)8-11-21(19,22)3/h5-6,13,17-19H,7-12H2,1-4H3/t17?,18?,19?,20-,21-,22-/m0/s1. The Hall–Kier alpha value is -1.38. The molecule has 0 N–H and O–H groups in total. The van der Waals surface area contributed by atoms with Crippen molar-refractivity contribution in [1.29, 1.82) is 0 Å². The van der Waals surface area contributed by atoms with Gasteiger partial charge in [-0.15, -0.1) is 0 Å². The molecule has 136 valence electrons. The van der Waals surface area contributed by atoms with Crippen molar-refractivity contribution in [2.24, 2.45) is 28.6 Å². The lowest BCUT2D eigenvalue weighted by molar-refractivity contribution is -0.175. The van der Waals surface area contributed by atoms with Gasteiger partial charge < -0.3 is 4.74 Å². The number of allylic oxidation sites excluding steroid dienone is 4. The van der Waals surface area contributed by atoms with E-state index in [4.69, 9.17) is 4.74 Å². The highest BCUT2D eigenvalue weighted by Gasteiger charge is 2.63. The number of fused-ring (bicyclic) bond motifs is 5. The Morgan fingerprint density at radius 2 is 1.84 bits per heavy atom. The number of rotatable bonds is 1. The number of hydrogen-bond acceptors (Lipinski definition) is 3. The summed E-state index contributed by atoms with van der Waals surface area (Å²) in [6, 6.07) is 0. The fraction of sp³-hybridized carbons (Fsp3) is 0.727. The second-order valence-corrected chi connectivity index (χ2v) is 9.45. The molecule has 0 heterocycles. The van der Waals surface area contributed by atoms with Crippen LogP contribution in [-0.2, 0) is 14.3 Å². The average Bonchev–Trinajstić information content (AvgIpc) is 2.79. The van der Waals surface area contributed by atoms with Crippen LogP contribution in [-0.4, -0.2) is 17.4 Å². The molecule has 0 aromatic heterocycles. The molecule has 4 aliphatic rings. The van der Waals surface area contributed by atoms with Crippen molar-refractivity contribution >= 4 is 11.8 Å². The SMILES string of the molecule is CC(=O)O[C@@]1(C)CCC2C3C=CC4=CC(=O)CC[C@]4(C)C3CC[C@@]21C. The van der Waals surface area contributed by atoms with Crippen LogP contribution in [0, 0.1) is 28.6 Å². The smallest absolute Gasteiger partial charge is 0.303 e. The van der Waals surface area contributed by atoms with E-state index >= 15 is 0 Å². The van der Waals surface area contributed by atoms with Gasteiger partial charge in [0.25, 0.3) is 0 Å². The molecule has 3 unspecified atom stereocenters. The summed E-state index contributed by atoms with van der Waals surface area (Å²) < 4.78 is 5.88. The van der Waals surface area contributed by atoms with Gasteiger partial charge in [-0.05, 0) is 73.8 Å². The Balaban J connectivity index is 1.71. The zero-order chi connectivity index (χ0) is 18.0. The quantitative estimate of drug-likeness (QED) is 0.653. The lowest BCUT2D eigenvalue weighted by Gasteiger charge is -2.57. The molecule has 2 saturated carbocycles. The number of esters is 1. The van der Waals surface area contributed by atoms with Crippen LogP contribution in [0.1, 0.15) is 66.2 Å². The second kappa shape index (κ2) is 5.31. The zero-order valence-electron chi connectivity index (χ0n) is 15.9. The highest BCUT2D eigenvalue weighted by molar-refractivity contribution is 5.92. The van der Waals surface area contributed by atoms with Gasteiger partial charge in [-0.25, -0.2) is 0 Å². The van der Waals surface area contributed by atoms with Gasteiger partial charge in [0.05, 0.1) is 0 Å². The maximum atomic E-state index is 11.9. The zero-order valence-corrected chi connectivity index (χ0v) is 15.9.